The van der Waals surface area contributed by atoms with Gasteiger partial charge >= 0.3 is 5.97 Å². The van der Waals surface area contributed by atoms with Gasteiger partial charge in [-0.3, -0.25) is 4.79 Å². The summed E-state index contributed by atoms with van der Waals surface area (Å²) in [5.41, 5.74) is 0. The van der Waals surface area contributed by atoms with Crippen LogP contribution in [0.25, 0.3) is 0 Å². The third kappa shape index (κ3) is 6.80. The lowest BCUT2D eigenvalue weighted by Gasteiger charge is -2.22. The van der Waals surface area contributed by atoms with Crippen molar-refractivity contribution in [1.29, 1.82) is 0 Å². The highest BCUT2D eigenvalue weighted by atomic mass is 16.4. The smallest absolute Gasteiger partial charge is 0.320 e. The summed E-state index contributed by atoms with van der Waals surface area (Å²) in [5, 5.41) is 11.9. The summed E-state index contributed by atoms with van der Waals surface area (Å²) in [7, 11) is 2.05. The van der Waals surface area contributed by atoms with E-state index >= 15 is 0 Å². The number of carbonyl (C=O) groups is 1. The number of carboxylic acids is 1. The molecule has 0 heterocycles. The number of carboxylic acid groups (broad SMARTS) is 1. The van der Waals surface area contributed by atoms with Gasteiger partial charge in [0.05, 0.1) is 0 Å². The lowest BCUT2D eigenvalue weighted by Crippen LogP contribution is -2.39. The minimum absolute atomic E-state index is 0.413. The lowest BCUT2D eigenvalue weighted by molar-refractivity contribution is -0.139. The van der Waals surface area contributed by atoms with Crippen LogP contribution in [0.15, 0.2) is 0 Å². The molecule has 4 nitrogen and oxygen atoms in total. The Morgan fingerprint density at radius 2 is 2.06 bits per heavy atom. The molecule has 0 fully saturated rings. The number of hydrogen-bond acceptors (Lipinski definition) is 3. The van der Waals surface area contributed by atoms with Gasteiger partial charge in [0.2, 0.25) is 0 Å². The molecule has 0 saturated heterocycles. The van der Waals surface area contributed by atoms with E-state index in [4.69, 9.17) is 5.11 Å². The third-order valence-corrected chi connectivity index (χ3v) is 2.87. The molecule has 96 valence electrons. The topological polar surface area (TPSA) is 52.6 Å². The largest absolute Gasteiger partial charge is 0.480 e. The van der Waals surface area contributed by atoms with Gasteiger partial charge in [0.25, 0.3) is 0 Å². The standard InChI is InChI=1S/C12H26N2O2/c1-5-10(3)9-14(4)8-7-11(12(15)16)13-6-2/h10-11,13H,5-9H2,1-4H3,(H,15,16). The molecular weight excluding hydrogens is 204 g/mol. The summed E-state index contributed by atoms with van der Waals surface area (Å²) in [6.45, 7) is 8.89. The van der Waals surface area contributed by atoms with Crippen molar-refractivity contribution in [2.75, 3.05) is 26.7 Å². The van der Waals surface area contributed by atoms with Gasteiger partial charge in [-0.2, -0.15) is 0 Å². The van der Waals surface area contributed by atoms with Gasteiger partial charge in [0, 0.05) is 6.54 Å². The Kier molecular flexibility index (Phi) is 8.21. The van der Waals surface area contributed by atoms with E-state index in [2.05, 4.69) is 31.1 Å². The van der Waals surface area contributed by atoms with E-state index in [9.17, 15) is 4.79 Å². The molecule has 0 saturated carbocycles. The molecule has 0 aliphatic rings. The summed E-state index contributed by atoms with van der Waals surface area (Å²) in [6.07, 6.45) is 1.83. The number of aliphatic carboxylic acids is 1. The molecule has 0 aliphatic carbocycles. The molecule has 0 aliphatic heterocycles. The van der Waals surface area contributed by atoms with Gasteiger partial charge < -0.3 is 15.3 Å². The quantitative estimate of drug-likeness (QED) is 0.629. The van der Waals surface area contributed by atoms with Crippen molar-refractivity contribution >= 4 is 5.97 Å². The van der Waals surface area contributed by atoms with Gasteiger partial charge in [-0.1, -0.05) is 27.2 Å². The second-order valence-electron chi connectivity index (χ2n) is 4.51. The first-order valence-corrected chi connectivity index (χ1v) is 6.15. The highest BCUT2D eigenvalue weighted by Gasteiger charge is 2.16. The van der Waals surface area contributed by atoms with Crippen LogP contribution in [0.2, 0.25) is 0 Å². The van der Waals surface area contributed by atoms with Crippen LogP contribution < -0.4 is 5.32 Å². The molecule has 0 radical (unpaired) electrons. The zero-order valence-corrected chi connectivity index (χ0v) is 11.0. The summed E-state index contributed by atoms with van der Waals surface area (Å²) in [4.78, 5) is 13.1. The van der Waals surface area contributed by atoms with Crippen molar-refractivity contribution in [2.45, 2.75) is 39.7 Å². The predicted molar refractivity (Wildman–Crippen MR) is 66.7 cm³/mol. The second-order valence-corrected chi connectivity index (χ2v) is 4.51. The van der Waals surface area contributed by atoms with Crippen LogP contribution in [-0.2, 0) is 4.79 Å². The van der Waals surface area contributed by atoms with Crippen LogP contribution in [0.5, 0.6) is 0 Å². The molecule has 16 heavy (non-hydrogen) atoms. The van der Waals surface area contributed by atoms with E-state index in [1.54, 1.807) is 0 Å². The van der Waals surface area contributed by atoms with E-state index in [0.29, 0.717) is 18.9 Å². The lowest BCUT2D eigenvalue weighted by atomic mass is 10.1. The molecule has 2 N–H and O–H groups in total. The Morgan fingerprint density at radius 3 is 2.50 bits per heavy atom. The maximum absolute atomic E-state index is 10.9. The second kappa shape index (κ2) is 8.53. The Bertz CT molecular complexity index is 197. The molecule has 0 spiro atoms. The number of nitrogens with zero attached hydrogens (tertiary/aromatic N) is 1. The molecule has 0 aromatic carbocycles. The molecule has 0 rings (SSSR count). The van der Waals surface area contributed by atoms with E-state index < -0.39 is 12.0 Å². The zero-order valence-electron chi connectivity index (χ0n) is 11.0. The molecule has 0 aromatic rings. The van der Waals surface area contributed by atoms with E-state index in [-0.39, 0.29) is 0 Å². The van der Waals surface area contributed by atoms with Crippen LogP contribution in [0.4, 0.5) is 0 Å². The maximum Gasteiger partial charge on any atom is 0.320 e. The fraction of sp³-hybridized carbons (Fsp3) is 0.917. The molecule has 4 heteroatoms. The first-order valence-electron chi connectivity index (χ1n) is 6.15. The van der Waals surface area contributed by atoms with Crippen molar-refractivity contribution in [2.24, 2.45) is 5.92 Å². The van der Waals surface area contributed by atoms with Crippen LogP contribution in [-0.4, -0.2) is 48.7 Å². The van der Waals surface area contributed by atoms with Gasteiger partial charge in [-0.05, 0) is 32.5 Å². The van der Waals surface area contributed by atoms with Crippen LogP contribution in [0.3, 0.4) is 0 Å². The fourth-order valence-electron chi connectivity index (χ4n) is 1.66. The van der Waals surface area contributed by atoms with Crippen molar-refractivity contribution in [3.8, 4) is 0 Å². The normalized spacial score (nSPS) is 15.1. The highest BCUT2D eigenvalue weighted by Crippen LogP contribution is 2.04. The molecule has 2 unspecified atom stereocenters. The number of nitrogens with one attached hydrogen (secondary N) is 1. The molecular formula is C12H26N2O2. The summed E-state index contributed by atoms with van der Waals surface area (Å²) in [5.74, 6) is -0.0776. The molecule has 2 atom stereocenters. The summed E-state index contributed by atoms with van der Waals surface area (Å²) in [6, 6.07) is -0.413. The van der Waals surface area contributed by atoms with Gasteiger partial charge in [-0.25, -0.2) is 0 Å². The first kappa shape index (κ1) is 15.4. The Labute approximate surface area is 99.0 Å². The number of hydrogen-bond donors (Lipinski definition) is 2. The minimum Gasteiger partial charge on any atom is -0.480 e. The molecule has 0 bridgehead atoms. The number of rotatable bonds is 9. The predicted octanol–water partition coefficient (Wildman–Crippen LogP) is 1.42. The third-order valence-electron chi connectivity index (χ3n) is 2.87. The van der Waals surface area contributed by atoms with E-state index in [0.717, 1.165) is 13.1 Å². The summed E-state index contributed by atoms with van der Waals surface area (Å²) >= 11 is 0. The van der Waals surface area contributed by atoms with E-state index in [1.807, 2.05) is 6.92 Å². The Hall–Kier alpha value is -0.610. The average molecular weight is 230 g/mol. The molecule has 0 aromatic heterocycles. The van der Waals surface area contributed by atoms with Crippen molar-refractivity contribution in [3.63, 3.8) is 0 Å². The average Bonchev–Trinajstić information content (AvgIpc) is 2.23. The van der Waals surface area contributed by atoms with Gasteiger partial charge in [0.15, 0.2) is 0 Å². The highest BCUT2D eigenvalue weighted by molar-refractivity contribution is 5.73. The Morgan fingerprint density at radius 1 is 1.44 bits per heavy atom. The maximum atomic E-state index is 10.9. The van der Waals surface area contributed by atoms with Crippen LogP contribution >= 0.6 is 0 Å². The van der Waals surface area contributed by atoms with Crippen molar-refractivity contribution < 1.29 is 9.90 Å². The first-order chi connectivity index (χ1) is 7.51. The number of likely N-dealkylation sites (N-methyl/N-ethyl adjacent to an activating group) is 1. The zero-order chi connectivity index (χ0) is 12.6. The Balaban J connectivity index is 3.86. The van der Waals surface area contributed by atoms with Crippen LogP contribution in [0, 0.1) is 5.92 Å². The van der Waals surface area contributed by atoms with Crippen molar-refractivity contribution in [3.05, 3.63) is 0 Å². The SMILES string of the molecule is CCNC(CCN(C)CC(C)CC)C(=O)O. The summed E-state index contributed by atoms with van der Waals surface area (Å²) < 4.78 is 0. The van der Waals surface area contributed by atoms with E-state index in [1.165, 1.54) is 6.42 Å². The minimum atomic E-state index is -0.751. The molecule has 0 amide bonds. The van der Waals surface area contributed by atoms with Gasteiger partial charge in [0.1, 0.15) is 6.04 Å². The van der Waals surface area contributed by atoms with Crippen molar-refractivity contribution in [1.82, 2.24) is 10.2 Å². The van der Waals surface area contributed by atoms with Gasteiger partial charge in [-0.15, -0.1) is 0 Å². The fourth-order valence-corrected chi connectivity index (χ4v) is 1.66. The van der Waals surface area contributed by atoms with Crippen LogP contribution in [0.1, 0.15) is 33.6 Å². The monoisotopic (exact) mass is 230 g/mol.